The van der Waals surface area contributed by atoms with Gasteiger partial charge < -0.3 is 14.8 Å². The number of nitrogens with one attached hydrogen (secondary N) is 1. The SMILES string of the molecule is C[C@H](OC(=O)COc1ccc(F)cc1)C(=O)Nc1ccc(Cl)cc1. The molecule has 0 radical (unpaired) electrons. The van der Waals surface area contributed by atoms with Crippen LogP contribution >= 0.6 is 11.6 Å². The van der Waals surface area contributed by atoms with Crippen LogP contribution in [0, 0.1) is 5.82 Å². The molecular formula is C17H15ClFNO4. The second-order valence-corrected chi connectivity index (χ2v) is 5.31. The van der Waals surface area contributed by atoms with Gasteiger partial charge in [-0.3, -0.25) is 4.79 Å². The summed E-state index contributed by atoms with van der Waals surface area (Å²) in [5.41, 5.74) is 0.537. The fourth-order valence-corrected chi connectivity index (χ4v) is 1.86. The fraction of sp³-hybridized carbons (Fsp3) is 0.176. The summed E-state index contributed by atoms with van der Waals surface area (Å²) in [6, 6.07) is 11.7. The number of hydrogen-bond acceptors (Lipinski definition) is 4. The fourth-order valence-electron chi connectivity index (χ4n) is 1.73. The Bertz CT molecular complexity index is 704. The summed E-state index contributed by atoms with van der Waals surface area (Å²) in [5, 5.41) is 3.14. The smallest absolute Gasteiger partial charge is 0.344 e. The van der Waals surface area contributed by atoms with Crippen molar-refractivity contribution in [3.8, 4) is 5.75 Å². The Kier molecular flexibility index (Phi) is 6.14. The number of carbonyl (C=O) groups excluding carboxylic acids is 2. The summed E-state index contributed by atoms with van der Waals surface area (Å²) in [5.74, 6) is -1.27. The van der Waals surface area contributed by atoms with Crippen LogP contribution in [0.3, 0.4) is 0 Å². The summed E-state index contributed by atoms with van der Waals surface area (Å²) in [6.07, 6.45) is -0.995. The second kappa shape index (κ2) is 8.31. The van der Waals surface area contributed by atoms with Crippen molar-refractivity contribution in [3.63, 3.8) is 0 Å². The van der Waals surface area contributed by atoms with E-state index < -0.39 is 23.8 Å². The molecule has 7 heteroatoms. The zero-order valence-electron chi connectivity index (χ0n) is 12.8. The van der Waals surface area contributed by atoms with Gasteiger partial charge in [0.15, 0.2) is 12.7 Å². The minimum absolute atomic E-state index is 0.326. The van der Waals surface area contributed by atoms with Gasteiger partial charge in [-0.2, -0.15) is 0 Å². The molecule has 0 aliphatic rings. The number of esters is 1. The Morgan fingerprint density at radius 2 is 1.75 bits per heavy atom. The van der Waals surface area contributed by atoms with Crippen molar-refractivity contribution in [1.29, 1.82) is 0 Å². The van der Waals surface area contributed by atoms with E-state index in [1.807, 2.05) is 0 Å². The van der Waals surface area contributed by atoms with Crippen LogP contribution in [0.1, 0.15) is 6.92 Å². The van der Waals surface area contributed by atoms with Gasteiger partial charge in [-0.1, -0.05) is 11.6 Å². The summed E-state index contributed by atoms with van der Waals surface area (Å²) < 4.78 is 22.9. The van der Waals surface area contributed by atoms with Gasteiger partial charge in [0.1, 0.15) is 11.6 Å². The first-order chi connectivity index (χ1) is 11.4. The molecule has 5 nitrogen and oxygen atoms in total. The first kappa shape index (κ1) is 17.7. The van der Waals surface area contributed by atoms with Crippen LogP contribution in [-0.2, 0) is 14.3 Å². The molecule has 0 aliphatic heterocycles. The topological polar surface area (TPSA) is 64.6 Å². The normalized spacial score (nSPS) is 11.5. The highest BCUT2D eigenvalue weighted by molar-refractivity contribution is 6.30. The van der Waals surface area contributed by atoms with Gasteiger partial charge in [-0.05, 0) is 55.5 Å². The monoisotopic (exact) mass is 351 g/mol. The Morgan fingerprint density at radius 3 is 2.38 bits per heavy atom. The Labute approximate surface area is 143 Å². The highest BCUT2D eigenvalue weighted by Gasteiger charge is 2.18. The highest BCUT2D eigenvalue weighted by atomic mass is 35.5. The van der Waals surface area contributed by atoms with E-state index in [4.69, 9.17) is 21.1 Å². The van der Waals surface area contributed by atoms with Gasteiger partial charge in [0, 0.05) is 10.7 Å². The van der Waals surface area contributed by atoms with Gasteiger partial charge in [-0.15, -0.1) is 0 Å². The van der Waals surface area contributed by atoms with Crippen molar-refractivity contribution in [3.05, 3.63) is 59.4 Å². The molecule has 0 saturated carbocycles. The molecule has 2 aromatic carbocycles. The molecule has 2 rings (SSSR count). The van der Waals surface area contributed by atoms with Gasteiger partial charge in [0.2, 0.25) is 0 Å². The van der Waals surface area contributed by atoms with Gasteiger partial charge in [0.25, 0.3) is 5.91 Å². The van der Waals surface area contributed by atoms with E-state index in [1.54, 1.807) is 24.3 Å². The van der Waals surface area contributed by atoms with Crippen LogP contribution in [0.25, 0.3) is 0 Å². The lowest BCUT2D eigenvalue weighted by atomic mass is 10.3. The van der Waals surface area contributed by atoms with Crippen molar-refractivity contribution in [2.24, 2.45) is 0 Å². The van der Waals surface area contributed by atoms with Crippen molar-refractivity contribution in [2.45, 2.75) is 13.0 Å². The van der Waals surface area contributed by atoms with Crippen LogP contribution in [0.4, 0.5) is 10.1 Å². The number of benzene rings is 2. The zero-order valence-corrected chi connectivity index (χ0v) is 13.5. The number of ether oxygens (including phenoxy) is 2. The van der Waals surface area contributed by atoms with Crippen molar-refractivity contribution in [2.75, 3.05) is 11.9 Å². The maximum Gasteiger partial charge on any atom is 0.344 e. The molecule has 0 aliphatic carbocycles. The first-order valence-electron chi connectivity index (χ1n) is 7.08. The number of amides is 1. The van der Waals surface area contributed by atoms with Crippen LogP contribution < -0.4 is 10.1 Å². The summed E-state index contributed by atoms with van der Waals surface area (Å²) >= 11 is 5.76. The van der Waals surface area contributed by atoms with E-state index >= 15 is 0 Å². The largest absolute Gasteiger partial charge is 0.482 e. The van der Waals surface area contributed by atoms with E-state index in [0.717, 1.165) is 0 Å². The van der Waals surface area contributed by atoms with Gasteiger partial charge in [-0.25, -0.2) is 9.18 Å². The van der Waals surface area contributed by atoms with E-state index in [-0.39, 0.29) is 6.61 Å². The zero-order chi connectivity index (χ0) is 17.5. The third kappa shape index (κ3) is 5.55. The predicted molar refractivity (Wildman–Crippen MR) is 87.5 cm³/mol. The molecule has 1 N–H and O–H groups in total. The van der Waals surface area contributed by atoms with Crippen molar-refractivity contribution >= 4 is 29.2 Å². The second-order valence-electron chi connectivity index (χ2n) is 4.87. The lowest BCUT2D eigenvalue weighted by Crippen LogP contribution is -2.31. The van der Waals surface area contributed by atoms with Crippen LogP contribution in [-0.4, -0.2) is 24.6 Å². The molecule has 2 aromatic rings. The highest BCUT2D eigenvalue weighted by Crippen LogP contribution is 2.14. The predicted octanol–water partition coefficient (Wildman–Crippen LogP) is 3.43. The summed E-state index contributed by atoms with van der Waals surface area (Å²) in [7, 11) is 0. The minimum Gasteiger partial charge on any atom is -0.482 e. The van der Waals surface area contributed by atoms with E-state index in [9.17, 15) is 14.0 Å². The molecule has 0 aromatic heterocycles. The molecule has 0 bridgehead atoms. The van der Waals surface area contributed by atoms with Gasteiger partial charge >= 0.3 is 5.97 Å². The number of hydrogen-bond donors (Lipinski definition) is 1. The van der Waals surface area contributed by atoms with Crippen LogP contribution in [0.5, 0.6) is 5.75 Å². The van der Waals surface area contributed by atoms with E-state index in [2.05, 4.69) is 5.32 Å². The van der Waals surface area contributed by atoms with E-state index in [1.165, 1.54) is 31.2 Å². The molecule has 0 heterocycles. The minimum atomic E-state index is -0.995. The number of anilines is 1. The van der Waals surface area contributed by atoms with Crippen molar-refractivity contribution in [1.82, 2.24) is 0 Å². The number of carbonyl (C=O) groups is 2. The standard InChI is InChI=1S/C17H15ClFNO4/c1-11(17(22)20-14-6-2-12(18)3-7-14)24-16(21)10-23-15-8-4-13(19)5-9-15/h2-9,11H,10H2,1H3,(H,20,22)/t11-/m0/s1. The lowest BCUT2D eigenvalue weighted by Gasteiger charge is -2.14. The molecule has 0 saturated heterocycles. The molecule has 1 atom stereocenters. The maximum atomic E-state index is 12.7. The quantitative estimate of drug-likeness (QED) is 0.810. The Balaban J connectivity index is 1.78. The van der Waals surface area contributed by atoms with E-state index in [0.29, 0.717) is 16.5 Å². The van der Waals surface area contributed by atoms with Crippen LogP contribution in [0.15, 0.2) is 48.5 Å². The Hall–Kier alpha value is -2.60. The van der Waals surface area contributed by atoms with Crippen molar-refractivity contribution < 1.29 is 23.5 Å². The third-order valence-corrected chi connectivity index (χ3v) is 3.21. The summed E-state index contributed by atoms with van der Waals surface area (Å²) in [6.45, 7) is 1.06. The van der Waals surface area contributed by atoms with Gasteiger partial charge in [0.05, 0.1) is 0 Å². The van der Waals surface area contributed by atoms with Crippen LogP contribution in [0.2, 0.25) is 5.02 Å². The molecule has 0 unspecified atom stereocenters. The average molecular weight is 352 g/mol. The Morgan fingerprint density at radius 1 is 1.12 bits per heavy atom. The lowest BCUT2D eigenvalue weighted by molar-refractivity contribution is -0.155. The molecule has 0 fully saturated rings. The molecule has 0 spiro atoms. The molecule has 126 valence electrons. The summed E-state index contributed by atoms with van der Waals surface area (Å²) in [4.78, 5) is 23.6. The molecular weight excluding hydrogens is 337 g/mol. The number of rotatable bonds is 6. The molecule has 24 heavy (non-hydrogen) atoms. The maximum absolute atomic E-state index is 12.7. The average Bonchev–Trinajstić information content (AvgIpc) is 2.56. The molecule has 1 amide bonds. The third-order valence-electron chi connectivity index (χ3n) is 2.96. The number of halogens is 2. The first-order valence-corrected chi connectivity index (χ1v) is 7.46.